The second-order valence-electron chi connectivity index (χ2n) is 6.69. The molecule has 1 aromatic carbocycles. The van der Waals surface area contributed by atoms with Gasteiger partial charge in [0.15, 0.2) is 0 Å². The van der Waals surface area contributed by atoms with Gasteiger partial charge >= 0.3 is 0 Å². The van der Waals surface area contributed by atoms with E-state index in [4.69, 9.17) is 5.26 Å². The van der Waals surface area contributed by atoms with Crippen molar-refractivity contribution in [2.75, 3.05) is 19.6 Å². The fourth-order valence-electron chi connectivity index (χ4n) is 3.68. The third-order valence-corrected chi connectivity index (χ3v) is 6.06. The average molecular weight is 352 g/mol. The van der Waals surface area contributed by atoms with Crippen LogP contribution in [0.4, 0.5) is 0 Å². The molecule has 128 valence electrons. The molecule has 2 aromatic rings. The molecule has 2 N–H and O–H groups in total. The lowest BCUT2D eigenvalue weighted by atomic mass is 9.84. The SMILES string of the molecule is N#Cc1ccc(Sc2ccc(C(=O)NC3CN4CCC3CC4)cc2)[nH]1. The van der Waals surface area contributed by atoms with Gasteiger partial charge < -0.3 is 15.2 Å². The van der Waals surface area contributed by atoms with E-state index in [0.29, 0.717) is 17.2 Å². The number of hydrogen-bond donors (Lipinski definition) is 2. The highest BCUT2D eigenvalue weighted by Gasteiger charge is 2.34. The number of hydrogen-bond acceptors (Lipinski definition) is 4. The van der Waals surface area contributed by atoms with E-state index in [-0.39, 0.29) is 11.9 Å². The number of amides is 1. The van der Waals surface area contributed by atoms with E-state index in [0.717, 1.165) is 16.5 Å². The van der Waals surface area contributed by atoms with Crippen LogP contribution in [0.2, 0.25) is 0 Å². The number of nitrogens with zero attached hydrogens (tertiary/aromatic N) is 2. The summed E-state index contributed by atoms with van der Waals surface area (Å²) < 4.78 is 0. The van der Waals surface area contributed by atoms with Crippen molar-refractivity contribution >= 4 is 17.7 Å². The fraction of sp³-hybridized carbons (Fsp3) is 0.368. The van der Waals surface area contributed by atoms with Crippen molar-refractivity contribution in [3.8, 4) is 6.07 Å². The van der Waals surface area contributed by atoms with Crippen LogP contribution < -0.4 is 5.32 Å². The molecule has 0 radical (unpaired) electrons. The normalized spacial score (nSPS) is 24.7. The predicted octanol–water partition coefficient (Wildman–Crippen LogP) is 2.86. The first-order chi connectivity index (χ1) is 12.2. The summed E-state index contributed by atoms with van der Waals surface area (Å²) in [5.74, 6) is 0.646. The van der Waals surface area contributed by atoms with Crippen molar-refractivity contribution in [3.63, 3.8) is 0 Å². The van der Waals surface area contributed by atoms with E-state index < -0.39 is 0 Å². The van der Waals surface area contributed by atoms with Crippen LogP contribution in [0.1, 0.15) is 28.9 Å². The number of piperidine rings is 3. The van der Waals surface area contributed by atoms with Crippen LogP contribution in [-0.4, -0.2) is 41.5 Å². The summed E-state index contributed by atoms with van der Waals surface area (Å²) in [5.41, 5.74) is 1.25. The minimum Gasteiger partial charge on any atom is -0.348 e. The highest BCUT2D eigenvalue weighted by molar-refractivity contribution is 7.99. The van der Waals surface area contributed by atoms with Crippen molar-refractivity contribution < 1.29 is 4.79 Å². The van der Waals surface area contributed by atoms with Crippen LogP contribution in [0, 0.1) is 17.2 Å². The molecule has 3 aliphatic rings. The van der Waals surface area contributed by atoms with Crippen molar-refractivity contribution in [2.24, 2.45) is 5.92 Å². The van der Waals surface area contributed by atoms with Gasteiger partial charge in [0.05, 0.1) is 5.03 Å². The maximum absolute atomic E-state index is 12.5. The van der Waals surface area contributed by atoms with E-state index >= 15 is 0 Å². The van der Waals surface area contributed by atoms with E-state index in [1.807, 2.05) is 30.3 Å². The highest BCUT2D eigenvalue weighted by Crippen LogP contribution is 2.29. The second kappa shape index (κ2) is 6.95. The van der Waals surface area contributed by atoms with Crippen molar-refractivity contribution in [1.82, 2.24) is 15.2 Å². The summed E-state index contributed by atoms with van der Waals surface area (Å²) in [6.07, 6.45) is 2.39. The molecule has 1 atom stereocenters. The minimum absolute atomic E-state index is 0.0157. The average Bonchev–Trinajstić information content (AvgIpc) is 3.11. The summed E-state index contributed by atoms with van der Waals surface area (Å²) in [4.78, 5) is 19.0. The summed E-state index contributed by atoms with van der Waals surface area (Å²) in [5, 5.41) is 13.0. The van der Waals surface area contributed by atoms with Crippen LogP contribution in [0.3, 0.4) is 0 Å². The Morgan fingerprint density at radius 1 is 1.20 bits per heavy atom. The summed E-state index contributed by atoms with van der Waals surface area (Å²) in [7, 11) is 0. The van der Waals surface area contributed by atoms with Gasteiger partial charge in [-0.25, -0.2) is 0 Å². The zero-order valence-electron chi connectivity index (χ0n) is 13.9. The van der Waals surface area contributed by atoms with Gasteiger partial charge in [0, 0.05) is 23.0 Å². The number of nitriles is 1. The van der Waals surface area contributed by atoms with Gasteiger partial charge in [-0.05, 0) is 68.2 Å². The van der Waals surface area contributed by atoms with Gasteiger partial charge in [0.25, 0.3) is 5.91 Å². The van der Waals surface area contributed by atoms with E-state index in [1.165, 1.54) is 25.9 Å². The first-order valence-corrected chi connectivity index (χ1v) is 9.43. The number of carbonyl (C=O) groups excluding carboxylic acids is 1. The van der Waals surface area contributed by atoms with Crippen LogP contribution in [0.5, 0.6) is 0 Å². The van der Waals surface area contributed by atoms with Crippen LogP contribution in [0.25, 0.3) is 0 Å². The molecule has 0 spiro atoms. The molecule has 2 bridgehead atoms. The number of carbonyl (C=O) groups is 1. The van der Waals surface area contributed by atoms with Gasteiger partial charge in [-0.3, -0.25) is 4.79 Å². The first kappa shape index (κ1) is 16.2. The largest absolute Gasteiger partial charge is 0.348 e. The second-order valence-corrected chi connectivity index (χ2v) is 7.81. The molecule has 5 nitrogen and oxygen atoms in total. The third kappa shape index (κ3) is 3.58. The molecule has 3 saturated heterocycles. The quantitative estimate of drug-likeness (QED) is 0.887. The Hall–Kier alpha value is -2.23. The number of aromatic nitrogens is 1. The Bertz CT molecular complexity index is 800. The lowest BCUT2D eigenvalue weighted by molar-refractivity contribution is 0.0620. The Labute approximate surface area is 151 Å². The summed E-state index contributed by atoms with van der Waals surface area (Å²) in [6, 6.07) is 13.6. The molecule has 0 aliphatic carbocycles. The lowest BCUT2D eigenvalue weighted by Gasteiger charge is -2.44. The Balaban J connectivity index is 1.38. The zero-order chi connectivity index (χ0) is 17.2. The molecule has 3 fully saturated rings. The van der Waals surface area contributed by atoms with Gasteiger partial charge in [-0.15, -0.1) is 0 Å². The Morgan fingerprint density at radius 3 is 2.56 bits per heavy atom. The maximum Gasteiger partial charge on any atom is 0.251 e. The molecule has 1 aromatic heterocycles. The predicted molar refractivity (Wildman–Crippen MR) is 96.5 cm³/mol. The zero-order valence-corrected chi connectivity index (χ0v) is 14.7. The monoisotopic (exact) mass is 352 g/mol. The van der Waals surface area contributed by atoms with Gasteiger partial charge in [-0.1, -0.05) is 11.8 Å². The fourth-order valence-corrected chi connectivity index (χ4v) is 4.50. The Morgan fingerprint density at radius 2 is 1.96 bits per heavy atom. The van der Waals surface area contributed by atoms with Crippen LogP contribution >= 0.6 is 11.8 Å². The highest BCUT2D eigenvalue weighted by atomic mass is 32.2. The maximum atomic E-state index is 12.5. The minimum atomic E-state index is 0.0157. The molecule has 4 heterocycles. The standard InChI is InChI=1S/C19H20N4OS/c20-11-15-3-6-18(21-15)25-16-4-1-14(2-5-16)19(24)22-17-12-23-9-7-13(17)8-10-23/h1-6,13,17,21H,7-10,12H2,(H,22,24). The molecule has 3 aliphatic heterocycles. The Kier molecular flexibility index (Phi) is 4.51. The third-order valence-electron chi connectivity index (χ3n) is 5.10. The molecule has 5 rings (SSSR count). The van der Waals surface area contributed by atoms with Crippen LogP contribution in [0.15, 0.2) is 46.3 Å². The lowest BCUT2D eigenvalue weighted by Crippen LogP contribution is -2.57. The molecule has 25 heavy (non-hydrogen) atoms. The topological polar surface area (TPSA) is 71.9 Å². The molecule has 6 heteroatoms. The molecular formula is C19H20N4OS. The molecular weight excluding hydrogens is 332 g/mol. The number of fused-ring (bicyclic) bond motifs is 3. The molecule has 0 saturated carbocycles. The number of rotatable bonds is 4. The number of benzene rings is 1. The molecule has 1 amide bonds. The number of aromatic amines is 1. The van der Waals surface area contributed by atoms with Crippen molar-refractivity contribution in [2.45, 2.75) is 28.8 Å². The summed E-state index contributed by atoms with van der Waals surface area (Å²) >= 11 is 1.54. The smallest absolute Gasteiger partial charge is 0.251 e. The van der Waals surface area contributed by atoms with E-state index in [9.17, 15) is 4.79 Å². The van der Waals surface area contributed by atoms with Gasteiger partial charge in [0.1, 0.15) is 11.8 Å². The number of H-pyrrole nitrogens is 1. The van der Waals surface area contributed by atoms with Crippen molar-refractivity contribution in [3.05, 3.63) is 47.7 Å². The van der Waals surface area contributed by atoms with Crippen LogP contribution in [-0.2, 0) is 0 Å². The summed E-state index contributed by atoms with van der Waals surface area (Å²) in [6.45, 7) is 3.34. The van der Waals surface area contributed by atoms with E-state index in [1.54, 1.807) is 17.8 Å². The molecule has 1 unspecified atom stereocenters. The van der Waals surface area contributed by atoms with Crippen molar-refractivity contribution in [1.29, 1.82) is 5.26 Å². The van der Waals surface area contributed by atoms with Gasteiger partial charge in [-0.2, -0.15) is 5.26 Å². The number of nitrogens with one attached hydrogen (secondary N) is 2. The van der Waals surface area contributed by atoms with E-state index in [2.05, 4.69) is 21.3 Å². The van der Waals surface area contributed by atoms with Gasteiger partial charge in [0.2, 0.25) is 0 Å². The first-order valence-electron chi connectivity index (χ1n) is 8.61.